The van der Waals surface area contributed by atoms with Gasteiger partial charge < -0.3 is 9.84 Å². The number of ether oxygens (including phenoxy) is 1. The number of aryl methyl sites for hydroxylation is 1. The number of fused-ring (bicyclic) bond motifs is 1. The Labute approximate surface area is 150 Å². The monoisotopic (exact) mass is 346 g/mol. The van der Waals surface area contributed by atoms with Gasteiger partial charge in [-0.05, 0) is 42.9 Å². The molecule has 0 spiro atoms. The molecule has 0 bridgehead atoms. The Morgan fingerprint density at radius 3 is 2.64 bits per heavy atom. The quantitative estimate of drug-likeness (QED) is 0.617. The normalized spacial score (nSPS) is 15.2. The van der Waals surface area contributed by atoms with E-state index in [1.165, 1.54) is 19.3 Å². The number of carboxylic acids is 1. The van der Waals surface area contributed by atoms with Crippen LogP contribution in [0, 0.1) is 5.41 Å². The summed E-state index contributed by atoms with van der Waals surface area (Å²) in [6.45, 7) is 6.54. The lowest BCUT2D eigenvalue weighted by atomic mass is 9.89. The van der Waals surface area contributed by atoms with Crippen LogP contribution >= 0.6 is 0 Å². The summed E-state index contributed by atoms with van der Waals surface area (Å²) in [5.41, 5.74) is 2.70. The number of carboxylic acid groups (broad SMARTS) is 1. The Balaban J connectivity index is 2.14. The molecule has 2 rings (SSSR count). The average molecular weight is 346 g/mol. The molecule has 1 N–H and O–H groups in total. The number of ketones is 1. The largest absolute Gasteiger partial charge is 0.493 e. The summed E-state index contributed by atoms with van der Waals surface area (Å²) in [6, 6.07) is 4.03. The molecule has 4 nitrogen and oxygen atoms in total. The number of Topliss-reactive ketones (excluding diaryl/α,β-unsaturated/α-hetero) is 1. The van der Waals surface area contributed by atoms with Crippen LogP contribution in [-0.4, -0.2) is 23.5 Å². The van der Waals surface area contributed by atoms with Crippen LogP contribution in [0.4, 0.5) is 0 Å². The van der Waals surface area contributed by atoms with Gasteiger partial charge in [0.1, 0.15) is 5.75 Å². The first kappa shape index (κ1) is 19.5. The van der Waals surface area contributed by atoms with Crippen molar-refractivity contribution < 1.29 is 19.4 Å². The predicted octanol–water partition coefficient (Wildman–Crippen LogP) is 4.82. The van der Waals surface area contributed by atoms with Crippen molar-refractivity contribution in [2.45, 2.75) is 72.1 Å². The second-order valence-corrected chi connectivity index (χ2v) is 7.66. The molecule has 25 heavy (non-hydrogen) atoms. The highest BCUT2D eigenvalue weighted by Crippen LogP contribution is 2.39. The van der Waals surface area contributed by atoms with Crippen LogP contribution in [0.2, 0.25) is 0 Å². The summed E-state index contributed by atoms with van der Waals surface area (Å²) in [5, 5.41) is 8.75. The van der Waals surface area contributed by atoms with Crippen molar-refractivity contribution in [3.05, 3.63) is 28.8 Å². The maximum Gasteiger partial charge on any atom is 0.303 e. The summed E-state index contributed by atoms with van der Waals surface area (Å²) >= 11 is 0. The second kappa shape index (κ2) is 8.50. The number of carbonyl (C=O) groups is 2. The number of hydrogen-bond donors (Lipinski definition) is 1. The van der Waals surface area contributed by atoms with Gasteiger partial charge in [0.2, 0.25) is 0 Å². The van der Waals surface area contributed by atoms with E-state index in [1.54, 1.807) is 0 Å². The zero-order valence-electron chi connectivity index (χ0n) is 15.7. The molecule has 0 fully saturated rings. The van der Waals surface area contributed by atoms with Crippen molar-refractivity contribution in [1.82, 2.24) is 0 Å². The Hall–Kier alpha value is -1.84. The number of rotatable bonds is 10. The van der Waals surface area contributed by atoms with Gasteiger partial charge in [0.05, 0.1) is 6.61 Å². The molecule has 0 saturated heterocycles. The van der Waals surface area contributed by atoms with Gasteiger partial charge in [-0.2, -0.15) is 0 Å². The Morgan fingerprint density at radius 2 is 1.96 bits per heavy atom. The Kier molecular flexibility index (Phi) is 6.63. The minimum Gasteiger partial charge on any atom is -0.493 e. The molecule has 0 unspecified atom stereocenters. The molecule has 0 atom stereocenters. The third kappa shape index (κ3) is 5.07. The molecule has 0 aliphatic heterocycles. The van der Waals surface area contributed by atoms with E-state index in [0.29, 0.717) is 13.0 Å². The fourth-order valence-electron chi connectivity index (χ4n) is 3.43. The summed E-state index contributed by atoms with van der Waals surface area (Å²) in [4.78, 5) is 23.2. The van der Waals surface area contributed by atoms with Crippen LogP contribution in [-0.2, 0) is 17.6 Å². The highest BCUT2D eigenvalue weighted by molar-refractivity contribution is 6.04. The molecule has 1 aliphatic carbocycles. The molecule has 1 aliphatic rings. The lowest BCUT2D eigenvalue weighted by Gasteiger charge is -2.13. The highest BCUT2D eigenvalue weighted by atomic mass is 16.5. The van der Waals surface area contributed by atoms with Crippen LogP contribution in [0.1, 0.15) is 80.8 Å². The molecular formula is C21H30O4. The molecule has 0 aromatic heterocycles. The molecular weight excluding hydrogens is 316 g/mol. The first-order chi connectivity index (χ1) is 11.8. The van der Waals surface area contributed by atoms with Crippen molar-refractivity contribution in [2.75, 3.05) is 6.61 Å². The Morgan fingerprint density at radius 1 is 1.20 bits per heavy atom. The van der Waals surface area contributed by atoms with Crippen LogP contribution in [0.3, 0.4) is 0 Å². The van der Waals surface area contributed by atoms with Crippen LogP contribution in [0.15, 0.2) is 12.1 Å². The molecule has 138 valence electrons. The van der Waals surface area contributed by atoms with Gasteiger partial charge in [-0.1, -0.05) is 46.1 Å². The van der Waals surface area contributed by atoms with Crippen LogP contribution in [0.5, 0.6) is 5.75 Å². The van der Waals surface area contributed by atoms with Crippen molar-refractivity contribution in [1.29, 1.82) is 0 Å². The molecule has 0 radical (unpaired) electrons. The molecule has 4 heteroatoms. The molecule has 0 amide bonds. The summed E-state index contributed by atoms with van der Waals surface area (Å²) < 4.78 is 5.87. The second-order valence-electron chi connectivity index (χ2n) is 7.66. The topological polar surface area (TPSA) is 63.6 Å². The zero-order chi connectivity index (χ0) is 18.4. The van der Waals surface area contributed by atoms with E-state index in [4.69, 9.17) is 9.84 Å². The fraction of sp³-hybridized carbons (Fsp3) is 0.619. The smallest absolute Gasteiger partial charge is 0.303 e. The predicted molar refractivity (Wildman–Crippen MR) is 98.5 cm³/mol. The van der Waals surface area contributed by atoms with Gasteiger partial charge in [0.15, 0.2) is 5.78 Å². The van der Waals surface area contributed by atoms with E-state index in [9.17, 15) is 9.59 Å². The standard InChI is InChI=1S/C21H30O4/c1-4-5-6-7-9-15-12-16-14-21(2,3)20(24)17(16)13-18(15)25-11-8-10-19(22)23/h12-13H,4-11,14H2,1-3H3,(H,22,23). The first-order valence-corrected chi connectivity index (χ1v) is 9.40. The van der Waals surface area contributed by atoms with E-state index < -0.39 is 5.97 Å². The first-order valence-electron chi connectivity index (χ1n) is 9.40. The zero-order valence-corrected chi connectivity index (χ0v) is 15.7. The van der Waals surface area contributed by atoms with Gasteiger partial charge in [0, 0.05) is 17.4 Å². The molecule has 1 aromatic carbocycles. The van der Waals surface area contributed by atoms with Crippen molar-refractivity contribution in [2.24, 2.45) is 5.41 Å². The van der Waals surface area contributed by atoms with Crippen molar-refractivity contribution in [3.63, 3.8) is 0 Å². The maximum absolute atomic E-state index is 12.6. The summed E-state index contributed by atoms with van der Waals surface area (Å²) in [6.07, 6.45) is 7.02. The minimum atomic E-state index is -0.811. The van der Waals surface area contributed by atoms with E-state index in [-0.39, 0.29) is 17.6 Å². The van der Waals surface area contributed by atoms with Gasteiger partial charge in [-0.25, -0.2) is 0 Å². The number of hydrogen-bond acceptors (Lipinski definition) is 3. The van der Waals surface area contributed by atoms with E-state index >= 15 is 0 Å². The van der Waals surface area contributed by atoms with E-state index in [0.717, 1.165) is 41.7 Å². The van der Waals surface area contributed by atoms with Gasteiger partial charge in [0.25, 0.3) is 0 Å². The number of carbonyl (C=O) groups excluding carboxylic acids is 1. The number of unbranched alkanes of at least 4 members (excludes halogenated alkanes) is 3. The Bertz CT molecular complexity index is 631. The fourth-order valence-corrected chi connectivity index (χ4v) is 3.43. The average Bonchev–Trinajstić information content (AvgIpc) is 2.77. The van der Waals surface area contributed by atoms with E-state index in [2.05, 4.69) is 13.0 Å². The molecule has 0 saturated carbocycles. The summed E-state index contributed by atoms with van der Waals surface area (Å²) in [7, 11) is 0. The molecule has 1 aromatic rings. The number of aliphatic carboxylic acids is 1. The highest BCUT2D eigenvalue weighted by Gasteiger charge is 2.38. The van der Waals surface area contributed by atoms with Gasteiger partial charge in [-0.3, -0.25) is 9.59 Å². The lowest BCUT2D eigenvalue weighted by Crippen LogP contribution is -2.18. The third-order valence-corrected chi connectivity index (χ3v) is 4.87. The van der Waals surface area contributed by atoms with Crippen LogP contribution < -0.4 is 4.74 Å². The number of benzene rings is 1. The lowest BCUT2D eigenvalue weighted by molar-refractivity contribution is -0.137. The minimum absolute atomic E-state index is 0.0999. The van der Waals surface area contributed by atoms with Crippen LogP contribution in [0.25, 0.3) is 0 Å². The van der Waals surface area contributed by atoms with E-state index in [1.807, 2.05) is 19.9 Å². The third-order valence-electron chi connectivity index (χ3n) is 4.87. The summed E-state index contributed by atoms with van der Waals surface area (Å²) in [5.74, 6) is 0.122. The SMILES string of the molecule is CCCCCCc1cc2c(cc1OCCCC(=O)O)C(=O)C(C)(C)C2. The van der Waals surface area contributed by atoms with Gasteiger partial charge >= 0.3 is 5.97 Å². The maximum atomic E-state index is 12.6. The van der Waals surface area contributed by atoms with Crippen molar-refractivity contribution >= 4 is 11.8 Å². The van der Waals surface area contributed by atoms with Gasteiger partial charge in [-0.15, -0.1) is 0 Å². The molecule has 0 heterocycles. The van der Waals surface area contributed by atoms with Crippen molar-refractivity contribution in [3.8, 4) is 5.75 Å².